The van der Waals surface area contributed by atoms with Crippen LogP contribution in [0.15, 0.2) is 42.5 Å². The minimum atomic E-state index is 0.377. The van der Waals surface area contributed by atoms with Gasteiger partial charge in [-0.2, -0.15) is 0 Å². The van der Waals surface area contributed by atoms with Crippen molar-refractivity contribution in [3.05, 3.63) is 53.6 Å². The molecule has 0 amide bonds. The van der Waals surface area contributed by atoms with Crippen molar-refractivity contribution in [2.45, 2.75) is 50.0 Å². The Labute approximate surface area is 162 Å². The SMILES string of the molecule is COc1ccc(Oc2ccc3c(c2)[C@@]24CCCC[C@H]2[C@@H](C3)N(C)CC4)cc1. The lowest BCUT2D eigenvalue weighted by Gasteiger charge is -2.58. The molecule has 1 heterocycles. The third-order valence-electron chi connectivity index (χ3n) is 7.38. The van der Waals surface area contributed by atoms with Gasteiger partial charge in [-0.05, 0) is 92.7 Å². The summed E-state index contributed by atoms with van der Waals surface area (Å²) in [6.07, 6.45) is 7.99. The van der Waals surface area contributed by atoms with Gasteiger partial charge in [-0.25, -0.2) is 0 Å². The number of hydrogen-bond donors (Lipinski definition) is 0. The summed E-state index contributed by atoms with van der Waals surface area (Å²) >= 11 is 0. The zero-order valence-corrected chi connectivity index (χ0v) is 16.4. The van der Waals surface area contributed by atoms with Crippen LogP contribution >= 0.6 is 0 Å². The lowest BCUT2D eigenvalue weighted by Crippen LogP contribution is -2.59. The lowest BCUT2D eigenvalue weighted by atomic mass is 9.52. The highest BCUT2D eigenvalue weighted by atomic mass is 16.5. The number of piperidine rings is 1. The molecule has 27 heavy (non-hydrogen) atoms. The fraction of sp³-hybridized carbons (Fsp3) is 0.500. The van der Waals surface area contributed by atoms with Crippen molar-refractivity contribution in [1.82, 2.24) is 4.90 Å². The van der Waals surface area contributed by atoms with Gasteiger partial charge in [0.2, 0.25) is 0 Å². The summed E-state index contributed by atoms with van der Waals surface area (Å²) < 4.78 is 11.5. The maximum absolute atomic E-state index is 6.21. The molecule has 1 saturated heterocycles. The zero-order chi connectivity index (χ0) is 18.4. The first kappa shape index (κ1) is 17.1. The van der Waals surface area contributed by atoms with Crippen molar-refractivity contribution < 1.29 is 9.47 Å². The topological polar surface area (TPSA) is 21.7 Å². The molecule has 0 N–H and O–H groups in total. The summed E-state index contributed by atoms with van der Waals surface area (Å²) in [4.78, 5) is 2.62. The van der Waals surface area contributed by atoms with E-state index in [2.05, 4.69) is 30.1 Å². The molecule has 1 aliphatic heterocycles. The minimum absolute atomic E-state index is 0.377. The average molecular weight is 364 g/mol. The van der Waals surface area contributed by atoms with Gasteiger partial charge in [0.05, 0.1) is 7.11 Å². The van der Waals surface area contributed by atoms with Gasteiger partial charge < -0.3 is 14.4 Å². The van der Waals surface area contributed by atoms with E-state index in [1.54, 1.807) is 18.2 Å². The third-order valence-corrected chi connectivity index (χ3v) is 7.38. The quantitative estimate of drug-likeness (QED) is 0.750. The molecule has 2 aromatic carbocycles. The summed E-state index contributed by atoms with van der Waals surface area (Å²) in [5, 5.41) is 0. The summed E-state index contributed by atoms with van der Waals surface area (Å²) in [5.74, 6) is 3.50. The van der Waals surface area contributed by atoms with Gasteiger partial charge in [-0.15, -0.1) is 0 Å². The highest BCUT2D eigenvalue weighted by molar-refractivity contribution is 5.47. The number of likely N-dealkylation sites (N-methyl/N-ethyl adjacent to an activating group) is 1. The van der Waals surface area contributed by atoms with Crippen LogP contribution in [0.4, 0.5) is 0 Å². The van der Waals surface area contributed by atoms with Gasteiger partial charge in [0.15, 0.2) is 0 Å². The fourth-order valence-electron chi connectivity index (χ4n) is 6.02. The molecule has 3 aliphatic rings. The Balaban J connectivity index is 1.50. The average Bonchev–Trinajstić information content (AvgIpc) is 2.71. The molecule has 2 aliphatic carbocycles. The van der Waals surface area contributed by atoms with E-state index >= 15 is 0 Å². The second kappa shape index (κ2) is 6.56. The Bertz CT molecular complexity index is 831. The molecule has 1 saturated carbocycles. The number of rotatable bonds is 3. The number of ether oxygens (including phenoxy) is 2. The first-order chi connectivity index (χ1) is 13.2. The molecule has 0 unspecified atom stereocenters. The molecule has 2 bridgehead atoms. The summed E-state index contributed by atoms with van der Waals surface area (Å²) in [6, 6.07) is 15.4. The molecule has 2 aromatic rings. The van der Waals surface area contributed by atoms with Crippen molar-refractivity contribution in [1.29, 1.82) is 0 Å². The van der Waals surface area contributed by atoms with E-state index in [4.69, 9.17) is 9.47 Å². The Morgan fingerprint density at radius 3 is 2.56 bits per heavy atom. The van der Waals surface area contributed by atoms with Crippen LogP contribution < -0.4 is 9.47 Å². The number of likely N-dealkylation sites (tertiary alicyclic amines) is 1. The Hall–Kier alpha value is -2.00. The smallest absolute Gasteiger partial charge is 0.127 e. The molecule has 3 atom stereocenters. The number of methoxy groups -OCH3 is 1. The van der Waals surface area contributed by atoms with Crippen LogP contribution in [0.2, 0.25) is 0 Å². The van der Waals surface area contributed by atoms with Gasteiger partial charge in [0.25, 0.3) is 0 Å². The van der Waals surface area contributed by atoms with E-state index in [-0.39, 0.29) is 0 Å². The number of benzene rings is 2. The van der Waals surface area contributed by atoms with Crippen LogP contribution in [0.3, 0.4) is 0 Å². The summed E-state index contributed by atoms with van der Waals surface area (Å²) in [6.45, 7) is 1.23. The van der Waals surface area contributed by atoms with Crippen LogP contribution in [-0.2, 0) is 11.8 Å². The molecule has 2 fully saturated rings. The van der Waals surface area contributed by atoms with Crippen molar-refractivity contribution >= 4 is 0 Å². The monoisotopic (exact) mass is 363 g/mol. The second-order valence-corrected chi connectivity index (χ2v) is 8.61. The highest BCUT2D eigenvalue weighted by Crippen LogP contribution is 2.56. The molecule has 5 rings (SSSR count). The Kier molecular flexibility index (Phi) is 4.16. The van der Waals surface area contributed by atoms with Crippen LogP contribution in [0.1, 0.15) is 43.2 Å². The standard InChI is InChI=1S/C24H29NO2/c1-25-14-13-24-12-4-3-5-21(24)23(25)15-17-6-7-20(16-22(17)24)27-19-10-8-18(26-2)9-11-19/h6-11,16,21,23H,3-5,12-15H2,1-2H3/t21-,23+,24+/m0/s1. The molecule has 0 radical (unpaired) electrons. The minimum Gasteiger partial charge on any atom is -0.497 e. The molecular weight excluding hydrogens is 334 g/mol. The van der Waals surface area contributed by atoms with E-state index in [0.717, 1.165) is 29.2 Å². The number of fused-ring (bicyclic) bond motifs is 1. The molecule has 0 aromatic heterocycles. The van der Waals surface area contributed by atoms with E-state index in [1.165, 1.54) is 45.1 Å². The van der Waals surface area contributed by atoms with Gasteiger partial charge in [-0.1, -0.05) is 18.9 Å². The molecule has 0 spiro atoms. The second-order valence-electron chi connectivity index (χ2n) is 8.61. The Morgan fingerprint density at radius 1 is 0.963 bits per heavy atom. The maximum Gasteiger partial charge on any atom is 0.127 e. The van der Waals surface area contributed by atoms with E-state index < -0.39 is 0 Å². The van der Waals surface area contributed by atoms with E-state index in [9.17, 15) is 0 Å². The van der Waals surface area contributed by atoms with Crippen molar-refractivity contribution in [2.75, 3.05) is 20.7 Å². The molecular formula is C24H29NO2. The van der Waals surface area contributed by atoms with Crippen molar-refractivity contribution in [3.8, 4) is 17.2 Å². The third kappa shape index (κ3) is 2.75. The van der Waals surface area contributed by atoms with E-state index in [1.807, 2.05) is 24.3 Å². The Morgan fingerprint density at radius 2 is 1.74 bits per heavy atom. The van der Waals surface area contributed by atoms with Gasteiger partial charge in [0.1, 0.15) is 17.2 Å². The maximum atomic E-state index is 6.21. The predicted octanol–water partition coefficient (Wildman–Crippen LogP) is 5.18. The molecule has 142 valence electrons. The van der Waals surface area contributed by atoms with Crippen LogP contribution in [0.5, 0.6) is 17.2 Å². The lowest BCUT2D eigenvalue weighted by molar-refractivity contribution is 0.00276. The fourth-order valence-corrected chi connectivity index (χ4v) is 6.02. The van der Waals surface area contributed by atoms with Crippen LogP contribution in [0, 0.1) is 5.92 Å². The molecule has 3 heteroatoms. The first-order valence-electron chi connectivity index (χ1n) is 10.4. The van der Waals surface area contributed by atoms with Crippen molar-refractivity contribution in [2.24, 2.45) is 5.92 Å². The summed E-state index contributed by atoms with van der Waals surface area (Å²) in [7, 11) is 4.02. The van der Waals surface area contributed by atoms with Gasteiger partial charge in [-0.3, -0.25) is 0 Å². The predicted molar refractivity (Wildman–Crippen MR) is 108 cm³/mol. The normalized spacial score (nSPS) is 29.6. The van der Waals surface area contributed by atoms with Crippen LogP contribution in [-0.4, -0.2) is 31.6 Å². The number of hydrogen-bond acceptors (Lipinski definition) is 3. The van der Waals surface area contributed by atoms with Gasteiger partial charge in [0, 0.05) is 11.5 Å². The largest absolute Gasteiger partial charge is 0.497 e. The number of nitrogens with zero attached hydrogens (tertiary/aromatic N) is 1. The molecule has 3 nitrogen and oxygen atoms in total. The first-order valence-corrected chi connectivity index (χ1v) is 10.4. The van der Waals surface area contributed by atoms with Crippen molar-refractivity contribution in [3.63, 3.8) is 0 Å². The van der Waals surface area contributed by atoms with E-state index in [0.29, 0.717) is 5.41 Å². The zero-order valence-electron chi connectivity index (χ0n) is 16.4. The highest BCUT2D eigenvalue weighted by Gasteiger charge is 2.53. The van der Waals surface area contributed by atoms with Gasteiger partial charge >= 0.3 is 0 Å². The van der Waals surface area contributed by atoms with Crippen LogP contribution in [0.25, 0.3) is 0 Å². The summed E-state index contributed by atoms with van der Waals surface area (Å²) in [5.41, 5.74) is 3.51.